The molecule has 0 saturated heterocycles. The van der Waals surface area contributed by atoms with E-state index in [0.717, 1.165) is 5.01 Å². The molecule has 27 heavy (non-hydrogen) atoms. The summed E-state index contributed by atoms with van der Waals surface area (Å²) in [4.78, 5) is 21.3. The molecule has 0 saturated carbocycles. The summed E-state index contributed by atoms with van der Waals surface area (Å²) in [5.74, 6) is 0.372. The van der Waals surface area contributed by atoms with Crippen molar-refractivity contribution in [3.05, 3.63) is 50.5 Å². The summed E-state index contributed by atoms with van der Waals surface area (Å²) >= 11 is 1.36. The van der Waals surface area contributed by atoms with Crippen molar-refractivity contribution >= 4 is 23.3 Å². The van der Waals surface area contributed by atoms with E-state index < -0.39 is 0 Å². The predicted octanol–water partition coefficient (Wildman–Crippen LogP) is 3.67. The Morgan fingerprint density at radius 2 is 2.07 bits per heavy atom. The van der Waals surface area contributed by atoms with Crippen LogP contribution < -0.4 is 10.6 Å². The Balaban J connectivity index is 2.01. The SMILES string of the molecule is CCOC(=O)c1sc(C(C)NC(=NC)NCc2ccc(C)cc2C)nc1C. The van der Waals surface area contributed by atoms with E-state index in [-0.39, 0.29) is 12.0 Å². The van der Waals surface area contributed by atoms with Gasteiger partial charge < -0.3 is 15.4 Å². The van der Waals surface area contributed by atoms with Crippen molar-refractivity contribution in [2.24, 2.45) is 4.99 Å². The van der Waals surface area contributed by atoms with Crippen LogP contribution in [0.2, 0.25) is 0 Å². The number of nitrogens with zero attached hydrogens (tertiary/aromatic N) is 2. The molecule has 1 unspecified atom stereocenters. The van der Waals surface area contributed by atoms with Gasteiger partial charge in [-0.25, -0.2) is 9.78 Å². The highest BCUT2D eigenvalue weighted by atomic mass is 32.1. The van der Waals surface area contributed by atoms with E-state index in [1.807, 2.05) is 13.8 Å². The number of aryl methyl sites for hydroxylation is 3. The second kappa shape index (κ2) is 9.50. The normalized spacial score (nSPS) is 12.6. The molecule has 0 aliphatic carbocycles. The van der Waals surface area contributed by atoms with Crippen molar-refractivity contribution in [2.45, 2.75) is 47.2 Å². The fraction of sp³-hybridized carbons (Fsp3) is 0.450. The van der Waals surface area contributed by atoms with Gasteiger partial charge in [0, 0.05) is 13.6 Å². The fourth-order valence-electron chi connectivity index (χ4n) is 2.67. The van der Waals surface area contributed by atoms with Gasteiger partial charge in [0.1, 0.15) is 9.88 Å². The Labute approximate surface area is 165 Å². The average Bonchev–Trinajstić information content (AvgIpc) is 3.02. The van der Waals surface area contributed by atoms with Gasteiger partial charge in [-0.3, -0.25) is 4.99 Å². The second-order valence-electron chi connectivity index (χ2n) is 6.41. The zero-order valence-corrected chi connectivity index (χ0v) is 17.7. The molecule has 0 aliphatic rings. The summed E-state index contributed by atoms with van der Waals surface area (Å²) in [6, 6.07) is 6.33. The first kappa shape index (κ1) is 20.9. The molecule has 1 heterocycles. The molecule has 0 spiro atoms. The quantitative estimate of drug-likeness (QED) is 0.449. The molecule has 2 aromatic rings. The number of hydrogen-bond donors (Lipinski definition) is 2. The van der Waals surface area contributed by atoms with Gasteiger partial charge in [0.15, 0.2) is 5.96 Å². The van der Waals surface area contributed by atoms with Gasteiger partial charge in [-0.1, -0.05) is 23.8 Å². The first-order valence-corrected chi connectivity index (χ1v) is 9.85. The molecular formula is C20H28N4O2S. The van der Waals surface area contributed by atoms with Crippen LogP contribution >= 0.6 is 11.3 Å². The number of aliphatic imine (C=N–C) groups is 1. The first-order chi connectivity index (χ1) is 12.8. The van der Waals surface area contributed by atoms with Crippen molar-refractivity contribution in [1.82, 2.24) is 15.6 Å². The Morgan fingerprint density at radius 3 is 2.70 bits per heavy atom. The van der Waals surface area contributed by atoms with Crippen LogP contribution in [-0.2, 0) is 11.3 Å². The van der Waals surface area contributed by atoms with Crippen molar-refractivity contribution in [1.29, 1.82) is 0 Å². The van der Waals surface area contributed by atoms with E-state index in [0.29, 0.717) is 29.7 Å². The molecule has 2 N–H and O–H groups in total. The standard InChI is InChI=1S/C20H28N4O2S/c1-7-26-19(25)17-14(4)23-18(27-17)15(5)24-20(21-6)22-11-16-9-8-12(2)10-13(16)3/h8-10,15H,7,11H2,1-6H3,(H2,21,22,24). The number of ether oxygens (including phenoxy) is 1. The summed E-state index contributed by atoms with van der Waals surface area (Å²) < 4.78 is 5.09. The maximum absolute atomic E-state index is 12.0. The Kier molecular flexibility index (Phi) is 7.36. The largest absolute Gasteiger partial charge is 0.462 e. The lowest BCUT2D eigenvalue weighted by atomic mass is 10.1. The highest BCUT2D eigenvalue weighted by molar-refractivity contribution is 7.13. The minimum atomic E-state index is -0.316. The molecule has 0 fully saturated rings. The third-order valence-electron chi connectivity index (χ3n) is 4.17. The molecular weight excluding hydrogens is 360 g/mol. The Hall–Kier alpha value is -2.41. The number of esters is 1. The minimum absolute atomic E-state index is 0.0813. The Morgan fingerprint density at radius 1 is 1.33 bits per heavy atom. The topological polar surface area (TPSA) is 75.6 Å². The molecule has 1 aromatic heterocycles. The molecule has 0 aliphatic heterocycles. The number of carbonyl (C=O) groups is 1. The molecule has 7 heteroatoms. The fourth-order valence-corrected chi connectivity index (χ4v) is 3.64. The summed E-state index contributed by atoms with van der Waals surface area (Å²) in [5.41, 5.74) is 4.43. The highest BCUT2D eigenvalue weighted by Gasteiger charge is 2.20. The van der Waals surface area contributed by atoms with Gasteiger partial charge in [-0.15, -0.1) is 11.3 Å². The number of rotatable bonds is 6. The van der Waals surface area contributed by atoms with Crippen LogP contribution in [0.15, 0.2) is 23.2 Å². The lowest BCUT2D eigenvalue weighted by molar-refractivity contribution is 0.0531. The molecule has 1 aromatic carbocycles. The van der Waals surface area contributed by atoms with Crippen LogP contribution in [-0.4, -0.2) is 30.6 Å². The smallest absolute Gasteiger partial charge is 0.350 e. The van der Waals surface area contributed by atoms with Crippen molar-refractivity contribution < 1.29 is 9.53 Å². The van der Waals surface area contributed by atoms with Crippen LogP contribution in [0.1, 0.15) is 57.0 Å². The van der Waals surface area contributed by atoms with Crippen LogP contribution in [0.5, 0.6) is 0 Å². The number of carbonyl (C=O) groups excluding carboxylic acids is 1. The zero-order valence-electron chi connectivity index (χ0n) is 16.8. The van der Waals surface area contributed by atoms with E-state index in [1.165, 1.54) is 28.0 Å². The van der Waals surface area contributed by atoms with Crippen LogP contribution in [0.4, 0.5) is 0 Å². The maximum Gasteiger partial charge on any atom is 0.350 e. The van der Waals surface area contributed by atoms with Crippen molar-refractivity contribution in [2.75, 3.05) is 13.7 Å². The molecule has 6 nitrogen and oxygen atoms in total. The third-order valence-corrected chi connectivity index (χ3v) is 5.49. The van der Waals surface area contributed by atoms with Gasteiger partial charge in [-0.05, 0) is 45.7 Å². The van der Waals surface area contributed by atoms with E-state index in [1.54, 1.807) is 14.0 Å². The van der Waals surface area contributed by atoms with Crippen LogP contribution in [0.3, 0.4) is 0 Å². The van der Waals surface area contributed by atoms with E-state index in [9.17, 15) is 4.79 Å². The molecule has 146 valence electrons. The van der Waals surface area contributed by atoms with Gasteiger partial charge in [0.2, 0.25) is 0 Å². The third kappa shape index (κ3) is 5.53. The number of hydrogen-bond acceptors (Lipinski definition) is 5. The van der Waals surface area contributed by atoms with E-state index in [2.05, 4.69) is 52.7 Å². The number of guanidine groups is 1. The van der Waals surface area contributed by atoms with Crippen LogP contribution in [0, 0.1) is 20.8 Å². The minimum Gasteiger partial charge on any atom is -0.462 e. The predicted molar refractivity (Wildman–Crippen MR) is 110 cm³/mol. The number of nitrogens with one attached hydrogen (secondary N) is 2. The molecule has 0 amide bonds. The first-order valence-electron chi connectivity index (χ1n) is 9.03. The van der Waals surface area contributed by atoms with Gasteiger partial charge >= 0.3 is 5.97 Å². The monoisotopic (exact) mass is 388 g/mol. The zero-order chi connectivity index (χ0) is 20.0. The summed E-state index contributed by atoms with van der Waals surface area (Å²) in [6.45, 7) is 10.9. The summed E-state index contributed by atoms with van der Waals surface area (Å²) in [6.07, 6.45) is 0. The summed E-state index contributed by atoms with van der Waals surface area (Å²) in [7, 11) is 1.74. The molecule has 0 bridgehead atoms. The van der Waals surface area contributed by atoms with Crippen molar-refractivity contribution in [3.63, 3.8) is 0 Å². The van der Waals surface area contributed by atoms with Crippen molar-refractivity contribution in [3.8, 4) is 0 Å². The van der Waals surface area contributed by atoms with Gasteiger partial charge in [-0.2, -0.15) is 0 Å². The average molecular weight is 389 g/mol. The number of aromatic nitrogens is 1. The summed E-state index contributed by atoms with van der Waals surface area (Å²) in [5, 5.41) is 7.49. The lowest BCUT2D eigenvalue weighted by Crippen LogP contribution is -2.38. The van der Waals surface area contributed by atoms with Crippen LogP contribution in [0.25, 0.3) is 0 Å². The second-order valence-corrected chi connectivity index (χ2v) is 7.44. The maximum atomic E-state index is 12.0. The molecule has 0 radical (unpaired) electrons. The number of benzene rings is 1. The number of thiazole rings is 1. The van der Waals surface area contributed by atoms with Gasteiger partial charge in [0.25, 0.3) is 0 Å². The highest BCUT2D eigenvalue weighted by Crippen LogP contribution is 2.24. The van der Waals surface area contributed by atoms with Gasteiger partial charge in [0.05, 0.1) is 18.3 Å². The lowest BCUT2D eigenvalue weighted by Gasteiger charge is -2.17. The molecule has 1 atom stereocenters. The Bertz CT molecular complexity index is 829. The van der Waals surface area contributed by atoms with E-state index in [4.69, 9.17) is 4.74 Å². The molecule has 2 rings (SSSR count). The van der Waals surface area contributed by atoms with E-state index >= 15 is 0 Å².